The molecule has 0 spiro atoms. The molecule has 0 radical (unpaired) electrons. The van der Waals surface area contributed by atoms with E-state index in [2.05, 4.69) is 30.0 Å². The molecule has 2 heterocycles. The molecular weight excluding hydrogens is 513 g/mol. The predicted octanol–water partition coefficient (Wildman–Crippen LogP) is 2.37. The minimum atomic E-state index is -3.47. The number of amidine groups is 1. The number of rotatable bonds is 9. The van der Waals surface area contributed by atoms with E-state index in [1.807, 2.05) is 0 Å². The Morgan fingerprint density at radius 2 is 2.09 bits per heavy atom. The van der Waals surface area contributed by atoms with Crippen molar-refractivity contribution < 1.29 is 27.4 Å². The van der Waals surface area contributed by atoms with Crippen LogP contribution in [0.1, 0.15) is 16.1 Å². The minimum absolute atomic E-state index is 0.0361. The van der Waals surface area contributed by atoms with Crippen LogP contribution in [-0.4, -0.2) is 59.2 Å². The van der Waals surface area contributed by atoms with Crippen molar-refractivity contribution in [2.45, 2.75) is 5.03 Å². The molecule has 0 aliphatic heterocycles. The van der Waals surface area contributed by atoms with Crippen LogP contribution in [0.4, 0.5) is 15.9 Å². The Morgan fingerprint density at radius 1 is 1.32 bits per heavy atom. The first kappa shape index (κ1) is 25.4. The van der Waals surface area contributed by atoms with Gasteiger partial charge in [0.15, 0.2) is 16.6 Å². The van der Waals surface area contributed by atoms with E-state index in [1.165, 1.54) is 24.4 Å². The summed E-state index contributed by atoms with van der Waals surface area (Å²) in [7, 11) is -3.47. The normalized spacial score (nSPS) is 11.2. The van der Waals surface area contributed by atoms with Crippen molar-refractivity contribution in [1.82, 2.24) is 20.6 Å². The van der Waals surface area contributed by atoms with Gasteiger partial charge < -0.3 is 5.32 Å². The maximum Gasteiger partial charge on any atom is 0.252 e. The number of thioether (sulfide) groups is 1. The Hall–Kier alpha value is -3.27. The lowest BCUT2D eigenvalue weighted by atomic mass is 10.2. The fourth-order valence-corrected chi connectivity index (χ4v) is 3.89. The van der Waals surface area contributed by atoms with Crippen LogP contribution in [-0.2, 0) is 10.0 Å². The summed E-state index contributed by atoms with van der Waals surface area (Å²) < 4.78 is 42.6. The van der Waals surface area contributed by atoms with E-state index in [9.17, 15) is 22.8 Å². The largest absolute Gasteiger partial charge is 0.351 e. The van der Waals surface area contributed by atoms with E-state index in [0.29, 0.717) is 10.8 Å². The van der Waals surface area contributed by atoms with Gasteiger partial charge in [0.05, 0.1) is 22.5 Å². The topological polar surface area (TPSA) is 174 Å². The highest BCUT2D eigenvalue weighted by atomic mass is 35.5. The number of aromatic nitrogens is 3. The lowest BCUT2D eigenvalue weighted by molar-refractivity contribution is 0.0956. The molecule has 180 valence electrons. The van der Waals surface area contributed by atoms with Gasteiger partial charge in [0.25, 0.3) is 5.91 Å². The summed E-state index contributed by atoms with van der Waals surface area (Å²) >= 11 is 6.81. The first-order chi connectivity index (χ1) is 16.0. The summed E-state index contributed by atoms with van der Waals surface area (Å²) in [6.07, 6.45) is 2.22. The van der Waals surface area contributed by atoms with Gasteiger partial charge in [-0.25, -0.2) is 27.5 Å². The number of nitrogens with one attached hydrogen (secondary N) is 3. The molecule has 0 saturated carbocycles. The zero-order valence-corrected chi connectivity index (χ0v) is 19.7. The van der Waals surface area contributed by atoms with E-state index in [-0.39, 0.29) is 39.4 Å². The van der Waals surface area contributed by atoms with Gasteiger partial charge in [-0.3, -0.25) is 20.1 Å². The van der Waals surface area contributed by atoms with Crippen LogP contribution in [0.25, 0.3) is 0 Å². The third-order valence-corrected chi connectivity index (χ3v) is 5.80. The number of halogens is 2. The van der Waals surface area contributed by atoms with Gasteiger partial charge in [-0.1, -0.05) is 23.4 Å². The Kier molecular flexibility index (Phi) is 8.03. The number of anilines is 2. The molecule has 0 aliphatic carbocycles. The number of hydrogen-bond donors (Lipinski definition) is 4. The van der Waals surface area contributed by atoms with E-state index in [0.717, 1.165) is 30.2 Å². The van der Waals surface area contributed by atoms with E-state index in [4.69, 9.17) is 17.0 Å². The number of nitrogens with zero attached hydrogens (tertiary/aromatic N) is 4. The number of pyridine rings is 1. The summed E-state index contributed by atoms with van der Waals surface area (Å²) in [4.78, 5) is 16.1. The number of carbonyl (C=O) groups excluding carboxylic acids is 1. The third kappa shape index (κ3) is 6.63. The number of benzene rings is 1. The van der Waals surface area contributed by atoms with Crippen LogP contribution in [0.5, 0.6) is 0 Å². The van der Waals surface area contributed by atoms with Crippen molar-refractivity contribution in [2.75, 3.05) is 28.3 Å². The van der Waals surface area contributed by atoms with Crippen LogP contribution in [0, 0.1) is 11.2 Å². The molecule has 0 aliphatic rings. The lowest BCUT2D eigenvalue weighted by Gasteiger charge is -2.16. The fraction of sp³-hybridized carbons (Fsp3) is 0.167. The Morgan fingerprint density at radius 3 is 2.74 bits per heavy atom. The van der Waals surface area contributed by atoms with Crippen molar-refractivity contribution in [2.24, 2.45) is 0 Å². The Balaban J connectivity index is 1.53. The quantitative estimate of drug-likeness (QED) is 0.106. The summed E-state index contributed by atoms with van der Waals surface area (Å²) in [6.45, 7) is 0.197. The van der Waals surface area contributed by atoms with E-state index in [1.54, 1.807) is 0 Å². The maximum atomic E-state index is 13.3. The molecule has 34 heavy (non-hydrogen) atoms. The van der Waals surface area contributed by atoms with E-state index < -0.39 is 27.6 Å². The van der Waals surface area contributed by atoms with Crippen molar-refractivity contribution in [3.05, 3.63) is 58.6 Å². The van der Waals surface area contributed by atoms with Crippen LogP contribution >= 0.6 is 23.4 Å². The number of carbonyl (C=O) groups is 1. The zero-order valence-electron chi connectivity index (χ0n) is 17.3. The number of hydroxylamine groups is 1. The molecule has 0 fully saturated rings. The molecule has 2 aromatic heterocycles. The summed E-state index contributed by atoms with van der Waals surface area (Å²) in [5, 5.41) is 28.8. The third-order valence-electron chi connectivity index (χ3n) is 3.98. The second-order valence-corrected chi connectivity index (χ2v) is 9.83. The van der Waals surface area contributed by atoms with Crippen molar-refractivity contribution in [1.29, 1.82) is 5.41 Å². The number of hydrogen-bond acceptors (Lipinski definition) is 10. The molecule has 4 N–H and O–H groups in total. The van der Waals surface area contributed by atoms with Gasteiger partial charge in [-0.15, -0.1) is 0 Å². The molecule has 0 saturated heterocycles. The minimum Gasteiger partial charge on any atom is -0.351 e. The standard InChI is InChI=1S/C18H17ClFN7O5S2/c1-34(30,31)26-14-5-2-10(9-23-14)17(28)22-6-7-33-18-15(24-32-25-18)16(21)27(29)11-3-4-13(20)12(19)8-11/h2-5,8-9,21,29H,6-7H2,1H3,(H,22,28)(H,23,26). The maximum absolute atomic E-state index is 13.3. The van der Waals surface area contributed by atoms with Crippen LogP contribution < -0.4 is 15.1 Å². The molecule has 16 heteroatoms. The highest BCUT2D eigenvalue weighted by Gasteiger charge is 2.22. The molecule has 0 bridgehead atoms. The number of amides is 1. The second kappa shape index (κ2) is 10.8. The van der Waals surface area contributed by atoms with Gasteiger partial charge >= 0.3 is 0 Å². The lowest BCUT2D eigenvalue weighted by Crippen LogP contribution is -2.28. The Bertz CT molecular complexity index is 1300. The molecule has 1 amide bonds. The van der Waals surface area contributed by atoms with Crippen LogP contribution in [0.15, 0.2) is 46.2 Å². The van der Waals surface area contributed by atoms with Crippen molar-refractivity contribution in [3.63, 3.8) is 0 Å². The summed E-state index contributed by atoms with van der Waals surface area (Å²) in [6, 6.07) is 6.18. The monoisotopic (exact) mass is 529 g/mol. The van der Waals surface area contributed by atoms with Gasteiger partial charge in [0.1, 0.15) is 11.6 Å². The molecule has 0 unspecified atom stereocenters. The second-order valence-electron chi connectivity index (χ2n) is 6.59. The molecular formula is C18H17ClFN7O5S2. The zero-order chi connectivity index (χ0) is 24.9. The molecule has 3 aromatic rings. The van der Waals surface area contributed by atoms with Crippen molar-refractivity contribution >= 4 is 56.6 Å². The average molecular weight is 530 g/mol. The van der Waals surface area contributed by atoms with Gasteiger partial charge in [0, 0.05) is 18.5 Å². The average Bonchev–Trinajstić information content (AvgIpc) is 3.25. The fourth-order valence-electron chi connectivity index (χ4n) is 2.46. The summed E-state index contributed by atoms with van der Waals surface area (Å²) in [5.74, 6) is -1.19. The smallest absolute Gasteiger partial charge is 0.252 e. The van der Waals surface area contributed by atoms with Crippen molar-refractivity contribution in [3.8, 4) is 0 Å². The molecule has 3 rings (SSSR count). The Labute approximate surface area is 202 Å². The highest BCUT2D eigenvalue weighted by Crippen LogP contribution is 2.25. The first-order valence-electron chi connectivity index (χ1n) is 9.25. The first-order valence-corrected chi connectivity index (χ1v) is 12.5. The SMILES string of the molecule is CS(=O)(=O)Nc1ccc(C(=O)NCCSc2nonc2C(=N)N(O)c2ccc(F)c(Cl)c2)cn1. The highest BCUT2D eigenvalue weighted by molar-refractivity contribution is 7.99. The molecule has 0 atom stereocenters. The molecule has 1 aromatic carbocycles. The van der Waals surface area contributed by atoms with Gasteiger partial charge in [-0.2, -0.15) is 0 Å². The predicted molar refractivity (Wildman–Crippen MR) is 123 cm³/mol. The van der Waals surface area contributed by atoms with E-state index >= 15 is 0 Å². The molecule has 12 nitrogen and oxygen atoms in total. The van der Waals surface area contributed by atoms with Crippen LogP contribution in [0.3, 0.4) is 0 Å². The number of sulfonamides is 1. The van der Waals surface area contributed by atoms with Gasteiger partial charge in [-0.05, 0) is 40.6 Å². The van der Waals surface area contributed by atoms with Gasteiger partial charge in [0.2, 0.25) is 10.0 Å². The van der Waals surface area contributed by atoms with Crippen LogP contribution in [0.2, 0.25) is 5.02 Å². The summed E-state index contributed by atoms with van der Waals surface area (Å²) in [5.41, 5.74) is 0.190.